The van der Waals surface area contributed by atoms with E-state index in [0.29, 0.717) is 9.79 Å². The molecule has 0 saturated carbocycles. The van der Waals surface area contributed by atoms with Crippen molar-refractivity contribution in [3.63, 3.8) is 0 Å². The molecule has 0 N–H and O–H groups in total. The van der Waals surface area contributed by atoms with Crippen LogP contribution in [-0.2, 0) is 30.5 Å². The molecule has 2 atom stereocenters. The average molecular weight is 563 g/mol. The standard InChI is InChI=1S/C34H26O4S2/c1-37-39(35)31-19-15-27-21-25(23-9-5-3-6-10-23)13-17-29(27)33(31)34-30-18-14-26(24-11-7-4-8-12-24)22-28(30)16-20-32(34)40(36)38-2/h3-22H,1-2H3. The van der Waals surface area contributed by atoms with Gasteiger partial charge in [-0.15, -0.1) is 0 Å². The van der Waals surface area contributed by atoms with Crippen molar-refractivity contribution >= 4 is 43.7 Å². The number of hydrogen-bond donors (Lipinski definition) is 0. The Hall–Kier alpha value is -3.94. The van der Waals surface area contributed by atoms with Gasteiger partial charge in [0, 0.05) is 11.1 Å². The van der Waals surface area contributed by atoms with E-state index >= 15 is 0 Å². The minimum absolute atomic E-state index is 0.511. The zero-order valence-corrected chi connectivity index (χ0v) is 23.6. The van der Waals surface area contributed by atoms with Crippen LogP contribution < -0.4 is 0 Å². The molecule has 6 heteroatoms. The lowest BCUT2D eigenvalue weighted by molar-refractivity contribution is 0.445. The molecule has 0 aliphatic heterocycles. The zero-order valence-electron chi connectivity index (χ0n) is 22.0. The maximum Gasteiger partial charge on any atom is 0.189 e. The van der Waals surface area contributed by atoms with Crippen molar-refractivity contribution in [2.24, 2.45) is 0 Å². The lowest BCUT2D eigenvalue weighted by Gasteiger charge is -2.18. The highest BCUT2D eigenvalue weighted by Crippen LogP contribution is 2.43. The molecule has 40 heavy (non-hydrogen) atoms. The Morgan fingerprint density at radius 1 is 0.450 bits per heavy atom. The first-order valence-electron chi connectivity index (χ1n) is 12.8. The lowest BCUT2D eigenvalue weighted by atomic mass is 9.91. The molecule has 6 rings (SSSR count). The largest absolute Gasteiger partial charge is 0.290 e. The van der Waals surface area contributed by atoms with Gasteiger partial charge in [0.05, 0.1) is 24.0 Å². The van der Waals surface area contributed by atoms with E-state index in [4.69, 9.17) is 8.37 Å². The molecule has 0 bridgehead atoms. The molecule has 0 aromatic heterocycles. The van der Waals surface area contributed by atoms with E-state index in [1.165, 1.54) is 14.2 Å². The van der Waals surface area contributed by atoms with Crippen LogP contribution in [0.3, 0.4) is 0 Å². The summed E-state index contributed by atoms with van der Waals surface area (Å²) >= 11 is -3.48. The highest BCUT2D eigenvalue weighted by atomic mass is 32.2. The van der Waals surface area contributed by atoms with Gasteiger partial charge in [0.25, 0.3) is 0 Å². The monoisotopic (exact) mass is 562 g/mol. The molecule has 0 heterocycles. The summed E-state index contributed by atoms with van der Waals surface area (Å²) in [4.78, 5) is 1.02. The second kappa shape index (κ2) is 11.3. The molecule has 0 amide bonds. The van der Waals surface area contributed by atoms with Crippen LogP contribution in [0.4, 0.5) is 0 Å². The molecule has 0 fully saturated rings. The molecular formula is C34H26O4S2. The van der Waals surface area contributed by atoms with Crippen LogP contribution in [0.25, 0.3) is 54.9 Å². The summed E-state index contributed by atoms with van der Waals surface area (Å²) in [6.45, 7) is 0. The SMILES string of the molecule is COS(=O)c1ccc2cc(-c3ccccc3)ccc2c1-c1c(S(=O)OC)ccc2cc(-c3ccccc3)ccc12. The summed E-state index contributed by atoms with van der Waals surface area (Å²) in [6.07, 6.45) is 0. The third-order valence-corrected chi connectivity index (χ3v) is 9.09. The summed E-state index contributed by atoms with van der Waals surface area (Å²) in [5, 5.41) is 3.72. The molecule has 6 aromatic rings. The van der Waals surface area contributed by atoms with Gasteiger partial charge in [0.15, 0.2) is 22.2 Å². The first-order valence-corrected chi connectivity index (χ1v) is 14.9. The normalized spacial score (nSPS) is 12.9. The van der Waals surface area contributed by atoms with Crippen LogP contribution in [0, 0.1) is 0 Å². The molecule has 198 valence electrons. The molecule has 0 aliphatic carbocycles. The van der Waals surface area contributed by atoms with Gasteiger partial charge in [0.1, 0.15) is 0 Å². The van der Waals surface area contributed by atoms with Crippen molar-refractivity contribution in [1.29, 1.82) is 0 Å². The van der Waals surface area contributed by atoms with Gasteiger partial charge >= 0.3 is 0 Å². The van der Waals surface area contributed by atoms with Crippen molar-refractivity contribution in [2.75, 3.05) is 14.2 Å². The first-order chi connectivity index (χ1) is 19.6. The van der Waals surface area contributed by atoms with Gasteiger partial charge in [-0.2, -0.15) is 0 Å². The minimum atomic E-state index is -1.74. The molecular weight excluding hydrogens is 537 g/mol. The van der Waals surface area contributed by atoms with Crippen LogP contribution >= 0.6 is 0 Å². The maximum atomic E-state index is 13.2. The molecule has 2 unspecified atom stereocenters. The van der Waals surface area contributed by atoms with Gasteiger partial charge in [-0.25, -0.2) is 8.42 Å². The predicted molar refractivity (Wildman–Crippen MR) is 165 cm³/mol. The van der Waals surface area contributed by atoms with E-state index in [1.807, 2.05) is 72.8 Å². The van der Waals surface area contributed by atoms with E-state index in [-0.39, 0.29) is 0 Å². The Balaban J connectivity index is 1.68. The average Bonchev–Trinajstić information content (AvgIpc) is 3.03. The summed E-state index contributed by atoms with van der Waals surface area (Å²) in [6, 6.07) is 40.4. The summed E-state index contributed by atoms with van der Waals surface area (Å²) in [7, 11) is 2.85. The third kappa shape index (κ3) is 4.80. The lowest BCUT2D eigenvalue weighted by Crippen LogP contribution is -2.03. The van der Waals surface area contributed by atoms with Gasteiger partial charge < -0.3 is 0 Å². The summed E-state index contributed by atoms with van der Waals surface area (Å²) < 4.78 is 37.1. The number of rotatable bonds is 7. The Labute approximate surface area is 238 Å². The number of fused-ring (bicyclic) bond motifs is 2. The highest BCUT2D eigenvalue weighted by molar-refractivity contribution is 7.80. The predicted octanol–water partition coefficient (Wildman–Crippen LogP) is 8.33. The van der Waals surface area contributed by atoms with Gasteiger partial charge in [-0.3, -0.25) is 8.37 Å². The fourth-order valence-corrected chi connectivity index (χ4v) is 6.69. The van der Waals surface area contributed by atoms with Crippen molar-refractivity contribution in [3.05, 3.63) is 121 Å². The molecule has 0 spiro atoms. The fraction of sp³-hybridized carbons (Fsp3) is 0.0588. The van der Waals surface area contributed by atoms with E-state index in [1.54, 1.807) is 0 Å². The third-order valence-electron chi connectivity index (χ3n) is 7.09. The van der Waals surface area contributed by atoms with Crippen LogP contribution in [0.15, 0.2) is 131 Å². The van der Waals surface area contributed by atoms with E-state index in [0.717, 1.165) is 54.9 Å². The Morgan fingerprint density at radius 2 is 0.850 bits per heavy atom. The Morgan fingerprint density at radius 3 is 1.23 bits per heavy atom. The summed E-state index contributed by atoms with van der Waals surface area (Å²) in [5.41, 5.74) is 5.80. The highest BCUT2D eigenvalue weighted by Gasteiger charge is 2.23. The molecule has 0 aliphatic rings. The molecule has 6 aromatic carbocycles. The van der Waals surface area contributed by atoms with Crippen LogP contribution in [-0.4, -0.2) is 22.6 Å². The fourth-order valence-electron chi connectivity index (χ4n) is 5.21. The van der Waals surface area contributed by atoms with Crippen LogP contribution in [0.1, 0.15) is 0 Å². The van der Waals surface area contributed by atoms with Crippen LogP contribution in [0.2, 0.25) is 0 Å². The van der Waals surface area contributed by atoms with Crippen molar-refractivity contribution in [2.45, 2.75) is 9.79 Å². The van der Waals surface area contributed by atoms with Gasteiger partial charge in [-0.1, -0.05) is 97.1 Å². The van der Waals surface area contributed by atoms with E-state index in [2.05, 4.69) is 48.5 Å². The molecule has 0 saturated heterocycles. The second-order valence-electron chi connectivity index (χ2n) is 9.28. The van der Waals surface area contributed by atoms with Crippen molar-refractivity contribution in [3.8, 4) is 33.4 Å². The Bertz CT molecular complexity index is 1760. The van der Waals surface area contributed by atoms with Crippen LogP contribution in [0.5, 0.6) is 0 Å². The number of hydrogen-bond acceptors (Lipinski definition) is 4. The topological polar surface area (TPSA) is 52.6 Å². The second-order valence-corrected chi connectivity index (χ2v) is 11.8. The van der Waals surface area contributed by atoms with Crippen molar-refractivity contribution in [1.82, 2.24) is 0 Å². The maximum absolute atomic E-state index is 13.2. The first kappa shape index (κ1) is 26.3. The smallest absolute Gasteiger partial charge is 0.189 e. The summed E-state index contributed by atoms with van der Waals surface area (Å²) in [5.74, 6) is 0. The minimum Gasteiger partial charge on any atom is -0.290 e. The zero-order chi connectivity index (χ0) is 27.6. The van der Waals surface area contributed by atoms with E-state index in [9.17, 15) is 8.42 Å². The van der Waals surface area contributed by atoms with Gasteiger partial charge in [-0.05, 0) is 68.1 Å². The quantitative estimate of drug-likeness (QED) is 0.196. The van der Waals surface area contributed by atoms with Gasteiger partial charge in [0.2, 0.25) is 0 Å². The molecule has 0 radical (unpaired) electrons. The number of benzene rings is 6. The Kier molecular flexibility index (Phi) is 7.41. The molecule has 4 nitrogen and oxygen atoms in total. The van der Waals surface area contributed by atoms with E-state index < -0.39 is 22.2 Å². The van der Waals surface area contributed by atoms with Crippen molar-refractivity contribution < 1.29 is 16.8 Å².